The minimum absolute atomic E-state index is 0.0757. The van der Waals surface area contributed by atoms with E-state index in [1.165, 1.54) is 4.57 Å². The molecule has 0 aliphatic carbocycles. The highest BCUT2D eigenvalue weighted by Gasteiger charge is 2.46. The Labute approximate surface area is 179 Å². The fourth-order valence-corrected chi connectivity index (χ4v) is 5.68. The lowest BCUT2D eigenvalue weighted by Crippen LogP contribution is -2.23. The summed E-state index contributed by atoms with van der Waals surface area (Å²) in [6.07, 6.45) is 2.27. The molecule has 0 fully saturated rings. The van der Waals surface area contributed by atoms with Gasteiger partial charge in [0.2, 0.25) is 0 Å². The number of sulfone groups is 1. The van der Waals surface area contributed by atoms with Gasteiger partial charge in [0.05, 0.1) is 17.6 Å². The number of aryl methyl sites for hydroxylation is 1. The van der Waals surface area contributed by atoms with Crippen LogP contribution in [0.15, 0.2) is 22.1 Å². The average molecular weight is 476 g/mol. The quantitative estimate of drug-likeness (QED) is 0.538. The van der Waals surface area contributed by atoms with Gasteiger partial charge in [0, 0.05) is 19.7 Å². The summed E-state index contributed by atoms with van der Waals surface area (Å²) in [6.45, 7) is 4.17. The molecule has 0 spiro atoms. The molecule has 0 radical (unpaired) electrons. The summed E-state index contributed by atoms with van der Waals surface area (Å²) in [5.41, 5.74) is -3.84. The summed E-state index contributed by atoms with van der Waals surface area (Å²) < 4.78 is 79.2. The minimum Gasteiger partial charge on any atom is -0.604 e. The molecule has 4 rings (SSSR count). The topological polar surface area (TPSA) is 106 Å². The van der Waals surface area contributed by atoms with Crippen molar-refractivity contribution in [2.45, 2.75) is 48.5 Å². The number of hydrogen-bond donors (Lipinski definition) is 0. The highest BCUT2D eigenvalue weighted by atomic mass is 32.2. The molecule has 8 nitrogen and oxygen atoms in total. The van der Waals surface area contributed by atoms with Crippen molar-refractivity contribution in [3.8, 4) is 11.5 Å². The van der Waals surface area contributed by atoms with E-state index in [1.807, 2.05) is 0 Å². The number of pyridine rings is 1. The Morgan fingerprint density at radius 2 is 2.06 bits per heavy atom. The van der Waals surface area contributed by atoms with Crippen LogP contribution in [-0.4, -0.2) is 48.5 Å². The molecule has 3 aromatic rings. The van der Waals surface area contributed by atoms with Crippen LogP contribution in [-0.2, 0) is 41.0 Å². The molecular formula is C18H20F3N5O3S2. The minimum atomic E-state index is -4.92. The third-order valence-corrected chi connectivity index (χ3v) is 8.26. The molecule has 2 unspecified atom stereocenters. The second-order valence-electron chi connectivity index (χ2n) is 7.58. The van der Waals surface area contributed by atoms with Gasteiger partial charge in [0.15, 0.2) is 26.2 Å². The van der Waals surface area contributed by atoms with Crippen LogP contribution in [0.25, 0.3) is 22.7 Å². The van der Waals surface area contributed by atoms with Gasteiger partial charge in [-0.15, -0.1) is 13.2 Å². The zero-order chi connectivity index (χ0) is 22.7. The molecule has 0 bridgehead atoms. The third kappa shape index (κ3) is 3.72. The third-order valence-electron chi connectivity index (χ3n) is 5.38. The lowest BCUT2D eigenvalue weighted by Gasteiger charge is -2.20. The van der Waals surface area contributed by atoms with Crippen LogP contribution < -0.4 is 0 Å². The Morgan fingerprint density at radius 1 is 1.35 bits per heavy atom. The normalized spacial score (nSPS) is 18.4. The summed E-state index contributed by atoms with van der Waals surface area (Å²) in [5.74, 6) is 0.393. The zero-order valence-corrected chi connectivity index (χ0v) is 18.6. The van der Waals surface area contributed by atoms with Crippen molar-refractivity contribution < 1.29 is 26.1 Å². The van der Waals surface area contributed by atoms with Gasteiger partial charge >= 0.3 is 5.51 Å². The molecule has 168 valence electrons. The van der Waals surface area contributed by atoms with E-state index in [4.69, 9.17) is 0 Å². The molecule has 13 heteroatoms. The molecule has 4 heterocycles. The predicted octanol–water partition coefficient (Wildman–Crippen LogP) is 2.84. The Kier molecular flexibility index (Phi) is 5.33. The van der Waals surface area contributed by atoms with E-state index in [-0.39, 0.29) is 33.3 Å². The Balaban J connectivity index is 1.92. The van der Waals surface area contributed by atoms with Crippen molar-refractivity contribution in [2.24, 2.45) is 13.0 Å². The van der Waals surface area contributed by atoms with E-state index in [9.17, 15) is 26.1 Å². The van der Waals surface area contributed by atoms with Crippen LogP contribution in [0.2, 0.25) is 0 Å². The number of imidazole rings is 1. The van der Waals surface area contributed by atoms with Gasteiger partial charge in [0.25, 0.3) is 0 Å². The zero-order valence-electron chi connectivity index (χ0n) is 17.0. The van der Waals surface area contributed by atoms with Crippen LogP contribution in [0.5, 0.6) is 0 Å². The largest absolute Gasteiger partial charge is 0.604 e. The Morgan fingerprint density at radius 3 is 2.71 bits per heavy atom. The SMILES string of the molecule is CCS(=O)(=O)c1c(-c2nc3cc([S+]([O-])C(F)(F)F)cnc3n2C)nn2c1CCC(C)C2. The average Bonchev–Trinajstić information content (AvgIpc) is 3.24. The molecule has 1 aliphatic rings. The highest BCUT2D eigenvalue weighted by molar-refractivity contribution is 7.92. The van der Waals surface area contributed by atoms with Crippen molar-refractivity contribution in [1.82, 2.24) is 24.3 Å². The summed E-state index contributed by atoms with van der Waals surface area (Å²) in [7, 11) is -2.06. The first kappa shape index (κ1) is 22.1. The molecule has 0 aromatic carbocycles. The summed E-state index contributed by atoms with van der Waals surface area (Å²) in [5, 5.41) is 4.52. The lowest BCUT2D eigenvalue weighted by molar-refractivity contribution is -0.0435. The summed E-state index contributed by atoms with van der Waals surface area (Å²) >= 11 is -3.24. The molecule has 0 N–H and O–H groups in total. The van der Waals surface area contributed by atoms with Crippen molar-refractivity contribution in [1.29, 1.82) is 0 Å². The van der Waals surface area contributed by atoms with Crippen LogP contribution >= 0.6 is 0 Å². The second kappa shape index (κ2) is 7.48. The number of fused-ring (bicyclic) bond motifs is 2. The number of alkyl halides is 3. The number of hydrogen-bond acceptors (Lipinski definition) is 6. The summed E-state index contributed by atoms with van der Waals surface area (Å²) in [4.78, 5) is 7.91. The number of nitrogens with zero attached hydrogens (tertiary/aromatic N) is 5. The van der Waals surface area contributed by atoms with E-state index in [0.717, 1.165) is 18.7 Å². The van der Waals surface area contributed by atoms with Crippen molar-refractivity contribution in [3.63, 3.8) is 0 Å². The molecule has 0 saturated carbocycles. The lowest BCUT2D eigenvalue weighted by atomic mass is 10.0. The van der Waals surface area contributed by atoms with Gasteiger partial charge in [-0.3, -0.25) is 4.68 Å². The fourth-order valence-electron chi connectivity index (χ4n) is 3.77. The van der Waals surface area contributed by atoms with Crippen LogP contribution in [0.1, 0.15) is 26.0 Å². The fraction of sp³-hybridized carbons (Fsp3) is 0.500. The van der Waals surface area contributed by atoms with Crippen LogP contribution in [0.3, 0.4) is 0 Å². The van der Waals surface area contributed by atoms with Crippen molar-refractivity contribution >= 4 is 32.2 Å². The maximum Gasteiger partial charge on any atom is 0.578 e. The Bertz CT molecular complexity index is 1270. The van der Waals surface area contributed by atoms with Gasteiger partial charge in [0.1, 0.15) is 27.3 Å². The molecule has 1 aliphatic heterocycles. The monoisotopic (exact) mass is 475 g/mol. The summed E-state index contributed by atoms with van der Waals surface area (Å²) in [6, 6.07) is 1.06. The van der Waals surface area contributed by atoms with E-state index in [0.29, 0.717) is 24.6 Å². The molecule has 31 heavy (non-hydrogen) atoms. The number of aromatic nitrogens is 5. The maximum atomic E-state index is 12.9. The first-order chi connectivity index (χ1) is 14.4. The van der Waals surface area contributed by atoms with E-state index in [1.54, 1.807) is 18.7 Å². The Hall–Kier alpha value is -2.12. The first-order valence-electron chi connectivity index (χ1n) is 9.58. The molecular weight excluding hydrogens is 455 g/mol. The predicted molar refractivity (Wildman–Crippen MR) is 107 cm³/mol. The van der Waals surface area contributed by atoms with Gasteiger partial charge in [-0.2, -0.15) is 5.10 Å². The molecule has 0 saturated heterocycles. The van der Waals surface area contributed by atoms with Gasteiger partial charge < -0.3 is 9.12 Å². The van der Waals surface area contributed by atoms with Gasteiger partial charge in [-0.25, -0.2) is 18.4 Å². The molecule has 2 atom stereocenters. The van der Waals surface area contributed by atoms with E-state index < -0.39 is 31.4 Å². The van der Waals surface area contributed by atoms with Crippen molar-refractivity contribution in [2.75, 3.05) is 5.75 Å². The van der Waals surface area contributed by atoms with Crippen LogP contribution in [0, 0.1) is 5.92 Å². The maximum absolute atomic E-state index is 12.9. The molecule has 0 amide bonds. The van der Waals surface area contributed by atoms with E-state index in [2.05, 4.69) is 22.0 Å². The van der Waals surface area contributed by atoms with E-state index >= 15 is 0 Å². The van der Waals surface area contributed by atoms with Gasteiger partial charge in [-0.1, -0.05) is 13.8 Å². The first-order valence-corrected chi connectivity index (χ1v) is 12.4. The number of rotatable bonds is 4. The van der Waals surface area contributed by atoms with Crippen LogP contribution in [0.4, 0.5) is 13.2 Å². The molecule has 3 aromatic heterocycles. The smallest absolute Gasteiger partial charge is 0.578 e. The number of halogens is 3. The van der Waals surface area contributed by atoms with Crippen molar-refractivity contribution in [3.05, 3.63) is 18.0 Å². The standard InChI is InChI=1S/C18H20F3N5O3S2/c1-4-31(28,29)15-13-6-5-10(2)9-26(13)24-14(15)17-23-12-7-11(30(27)18(19,20)21)8-22-16(12)25(17)3/h7-8,10H,4-6,9H2,1-3H3. The second-order valence-corrected chi connectivity index (χ2v) is 11.3. The highest BCUT2D eigenvalue weighted by Crippen LogP contribution is 2.36. The van der Waals surface area contributed by atoms with Gasteiger partial charge in [-0.05, 0) is 18.8 Å².